The van der Waals surface area contributed by atoms with Crippen molar-refractivity contribution in [2.75, 3.05) is 0 Å². The van der Waals surface area contributed by atoms with E-state index in [0.29, 0.717) is 12.2 Å². The lowest BCUT2D eigenvalue weighted by atomic mass is 9.70. The van der Waals surface area contributed by atoms with Gasteiger partial charge in [0.1, 0.15) is 5.75 Å². The van der Waals surface area contributed by atoms with E-state index in [9.17, 15) is 4.79 Å². The van der Waals surface area contributed by atoms with E-state index < -0.39 is 0 Å². The molecule has 0 radical (unpaired) electrons. The van der Waals surface area contributed by atoms with E-state index in [1.54, 1.807) is 0 Å². The fourth-order valence-electron chi connectivity index (χ4n) is 3.59. The summed E-state index contributed by atoms with van der Waals surface area (Å²) in [4.78, 5) is 12.2. The van der Waals surface area contributed by atoms with Gasteiger partial charge >= 0.3 is 5.97 Å². The number of esters is 1. The first-order chi connectivity index (χ1) is 10.7. The van der Waals surface area contributed by atoms with Gasteiger partial charge in [0.15, 0.2) is 0 Å². The quantitative estimate of drug-likeness (QED) is 0.568. The molecule has 0 atom stereocenters. The van der Waals surface area contributed by atoms with Gasteiger partial charge in [0, 0.05) is 12.0 Å². The Morgan fingerprint density at radius 2 is 1.59 bits per heavy atom. The molecule has 1 aliphatic heterocycles. The molecular weight excluding hydrogens is 272 g/mol. The van der Waals surface area contributed by atoms with Crippen molar-refractivity contribution in [3.63, 3.8) is 0 Å². The number of para-hydroxylation sites is 1. The Kier molecular flexibility index (Phi) is 4.02. The minimum atomic E-state index is -0.133. The van der Waals surface area contributed by atoms with E-state index in [4.69, 9.17) is 4.74 Å². The van der Waals surface area contributed by atoms with Gasteiger partial charge in [0.25, 0.3) is 0 Å². The van der Waals surface area contributed by atoms with Crippen LogP contribution in [0.1, 0.15) is 45.1 Å². The maximum atomic E-state index is 12.2. The minimum Gasteiger partial charge on any atom is -0.426 e. The van der Waals surface area contributed by atoms with E-state index >= 15 is 0 Å². The molecule has 3 rings (SSSR count). The smallest absolute Gasteiger partial charge is 0.311 e. The molecular formula is C20H22O2. The summed E-state index contributed by atoms with van der Waals surface area (Å²) in [6, 6.07) is 16.4. The van der Waals surface area contributed by atoms with Gasteiger partial charge in [-0.15, -0.1) is 0 Å². The third-order valence-electron chi connectivity index (χ3n) is 5.06. The van der Waals surface area contributed by atoms with E-state index in [0.717, 1.165) is 24.8 Å². The largest absolute Gasteiger partial charge is 0.426 e. The van der Waals surface area contributed by atoms with Crippen LogP contribution in [0.2, 0.25) is 0 Å². The van der Waals surface area contributed by atoms with Crippen LogP contribution in [0.25, 0.3) is 11.1 Å². The maximum absolute atomic E-state index is 12.2. The zero-order valence-corrected chi connectivity index (χ0v) is 13.3. The lowest BCUT2D eigenvalue weighted by Gasteiger charge is -2.33. The SMILES string of the molecule is CCC1(CC)CCC(=O)Oc2ccccc2-c2ccccc21. The van der Waals surface area contributed by atoms with Crippen molar-refractivity contribution in [3.8, 4) is 16.9 Å². The average Bonchev–Trinajstić information content (AvgIpc) is 2.61. The summed E-state index contributed by atoms with van der Waals surface area (Å²) in [6.45, 7) is 4.44. The molecule has 114 valence electrons. The van der Waals surface area contributed by atoms with Gasteiger partial charge < -0.3 is 4.74 Å². The Hall–Kier alpha value is -2.09. The topological polar surface area (TPSA) is 26.3 Å². The minimum absolute atomic E-state index is 0.0348. The van der Waals surface area contributed by atoms with Gasteiger partial charge in [-0.2, -0.15) is 0 Å². The number of fused-ring (bicyclic) bond motifs is 3. The predicted molar refractivity (Wildman–Crippen MR) is 89.0 cm³/mol. The van der Waals surface area contributed by atoms with Crippen LogP contribution >= 0.6 is 0 Å². The molecule has 0 bridgehead atoms. The second-order valence-electron chi connectivity index (χ2n) is 6.00. The maximum Gasteiger partial charge on any atom is 0.311 e. The molecule has 2 heteroatoms. The van der Waals surface area contributed by atoms with E-state index in [2.05, 4.69) is 38.1 Å². The molecule has 2 aromatic rings. The molecule has 2 aromatic carbocycles. The molecule has 0 fully saturated rings. The molecule has 0 amide bonds. The number of hydrogen-bond acceptors (Lipinski definition) is 2. The van der Waals surface area contributed by atoms with Crippen molar-refractivity contribution in [2.24, 2.45) is 0 Å². The zero-order valence-electron chi connectivity index (χ0n) is 13.3. The van der Waals surface area contributed by atoms with Gasteiger partial charge in [-0.25, -0.2) is 0 Å². The summed E-state index contributed by atoms with van der Waals surface area (Å²) in [5.74, 6) is 0.537. The number of benzene rings is 2. The molecule has 1 heterocycles. The Balaban J connectivity index is 2.29. The summed E-state index contributed by atoms with van der Waals surface area (Å²) in [7, 11) is 0. The molecule has 0 aromatic heterocycles. The van der Waals surface area contributed by atoms with Gasteiger partial charge in [0.2, 0.25) is 0 Å². The van der Waals surface area contributed by atoms with Crippen LogP contribution in [0.4, 0.5) is 0 Å². The summed E-state index contributed by atoms with van der Waals surface area (Å²) in [6.07, 6.45) is 3.35. The van der Waals surface area contributed by atoms with Crippen molar-refractivity contribution in [2.45, 2.75) is 44.9 Å². The van der Waals surface area contributed by atoms with E-state index in [1.807, 2.05) is 24.3 Å². The standard InChI is InChI=1S/C20H22O2/c1-3-20(4-2)14-13-19(21)22-18-12-8-6-10-16(18)15-9-5-7-11-17(15)20/h5-12H,3-4,13-14H2,1-2H3. The van der Waals surface area contributed by atoms with Crippen LogP contribution in [-0.4, -0.2) is 5.97 Å². The van der Waals surface area contributed by atoms with E-state index in [1.165, 1.54) is 11.1 Å². The van der Waals surface area contributed by atoms with E-state index in [-0.39, 0.29) is 11.4 Å². The fourth-order valence-corrected chi connectivity index (χ4v) is 3.59. The number of carbonyl (C=O) groups is 1. The van der Waals surface area contributed by atoms with Gasteiger partial charge in [-0.05, 0) is 41.9 Å². The fraction of sp³-hybridized carbons (Fsp3) is 0.350. The summed E-state index contributed by atoms with van der Waals surface area (Å²) < 4.78 is 5.62. The highest BCUT2D eigenvalue weighted by atomic mass is 16.5. The van der Waals surface area contributed by atoms with Crippen LogP contribution in [-0.2, 0) is 10.2 Å². The first kappa shape index (κ1) is 14.8. The Labute approximate surface area is 132 Å². The number of rotatable bonds is 2. The van der Waals surface area contributed by atoms with Gasteiger partial charge in [0.05, 0.1) is 0 Å². The van der Waals surface area contributed by atoms with Crippen LogP contribution < -0.4 is 4.74 Å². The van der Waals surface area contributed by atoms with Crippen LogP contribution in [0.5, 0.6) is 5.75 Å². The molecule has 1 aliphatic rings. The average molecular weight is 294 g/mol. The van der Waals surface area contributed by atoms with Crippen LogP contribution in [0.3, 0.4) is 0 Å². The molecule has 22 heavy (non-hydrogen) atoms. The highest BCUT2D eigenvalue weighted by molar-refractivity contribution is 5.81. The second kappa shape index (κ2) is 5.96. The van der Waals surface area contributed by atoms with Crippen molar-refractivity contribution in [1.82, 2.24) is 0 Å². The highest BCUT2D eigenvalue weighted by Crippen LogP contribution is 2.44. The lowest BCUT2D eigenvalue weighted by Crippen LogP contribution is -2.26. The molecule has 0 unspecified atom stereocenters. The number of ether oxygens (including phenoxy) is 1. The third kappa shape index (κ3) is 2.43. The summed E-state index contributed by atoms with van der Waals surface area (Å²) in [5.41, 5.74) is 3.58. The second-order valence-corrected chi connectivity index (χ2v) is 6.00. The monoisotopic (exact) mass is 294 g/mol. The molecule has 0 N–H and O–H groups in total. The van der Waals surface area contributed by atoms with Crippen molar-refractivity contribution in [3.05, 3.63) is 54.1 Å². The zero-order chi connectivity index (χ0) is 15.6. The van der Waals surface area contributed by atoms with Crippen LogP contribution in [0.15, 0.2) is 48.5 Å². The number of hydrogen-bond donors (Lipinski definition) is 0. The third-order valence-corrected chi connectivity index (χ3v) is 5.06. The van der Waals surface area contributed by atoms with Crippen LogP contribution in [0, 0.1) is 0 Å². The van der Waals surface area contributed by atoms with Crippen molar-refractivity contribution < 1.29 is 9.53 Å². The molecule has 2 nitrogen and oxygen atoms in total. The summed E-state index contributed by atoms with van der Waals surface area (Å²) >= 11 is 0. The highest BCUT2D eigenvalue weighted by Gasteiger charge is 2.33. The van der Waals surface area contributed by atoms with Crippen molar-refractivity contribution >= 4 is 5.97 Å². The first-order valence-electron chi connectivity index (χ1n) is 8.10. The van der Waals surface area contributed by atoms with Crippen molar-refractivity contribution in [1.29, 1.82) is 0 Å². The Morgan fingerprint density at radius 3 is 2.32 bits per heavy atom. The van der Waals surface area contributed by atoms with Gasteiger partial charge in [-0.1, -0.05) is 56.3 Å². The molecule has 0 aliphatic carbocycles. The Bertz CT molecular complexity index is 684. The Morgan fingerprint density at radius 1 is 0.955 bits per heavy atom. The lowest BCUT2D eigenvalue weighted by molar-refractivity contribution is -0.134. The normalized spacial score (nSPS) is 16.5. The van der Waals surface area contributed by atoms with Gasteiger partial charge in [-0.3, -0.25) is 4.79 Å². The summed E-state index contributed by atoms with van der Waals surface area (Å²) in [5, 5.41) is 0. The number of carbonyl (C=O) groups excluding carboxylic acids is 1. The predicted octanol–water partition coefficient (Wildman–Crippen LogP) is 5.11. The molecule has 0 saturated heterocycles. The first-order valence-corrected chi connectivity index (χ1v) is 8.10. The molecule has 0 saturated carbocycles. The molecule has 0 spiro atoms.